The van der Waals surface area contributed by atoms with Crippen LogP contribution in [0, 0.1) is 0 Å². The van der Waals surface area contributed by atoms with E-state index in [1.54, 1.807) is 23.5 Å². The maximum Gasteiger partial charge on any atom is 0.340 e. The number of anilines is 2. The molecule has 5 nitrogen and oxygen atoms in total. The number of ether oxygens (including phenoxy) is 1. The van der Waals surface area contributed by atoms with Crippen molar-refractivity contribution in [2.45, 2.75) is 19.3 Å². The smallest absolute Gasteiger partial charge is 0.340 e. The minimum atomic E-state index is -0.393. The molecular formula is C20H22N2O3S. The second kappa shape index (κ2) is 8.67. The standard InChI is InChI=1S/C20H22N2O3S/c1-25-20(24)17-14-15(7-9-18(17)22-11-3-2-4-12-22)21-19(23)10-8-16-6-5-13-26-16/h5-10,13-14H,2-4,11-12H2,1H3,(H,21,23)/b10-8+. The van der Waals surface area contributed by atoms with Gasteiger partial charge in [0, 0.05) is 29.7 Å². The number of hydrogen-bond donors (Lipinski definition) is 1. The summed E-state index contributed by atoms with van der Waals surface area (Å²) in [6.07, 6.45) is 6.71. The van der Waals surface area contributed by atoms with Gasteiger partial charge < -0.3 is 15.0 Å². The molecule has 0 radical (unpaired) electrons. The lowest BCUT2D eigenvalue weighted by Gasteiger charge is -2.30. The number of piperidine rings is 1. The first-order valence-corrected chi connectivity index (χ1v) is 9.55. The Balaban J connectivity index is 1.77. The van der Waals surface area contributed by atoms with Gasteiger partial charge in [-0.05, 0) is 55.0 Å². The number of esters is 1. The molecule has 2 aromatic rings. The average molecular weight is 370 g/mol. The number of benzene rings is 1. The average Bonchev–Trinajstić information content (AvgIpc) is 3.20. The fraction of sp³-hybridized carbons (Fsp3) is 0.300. The van der Waals surface area contributed by atoms with Gasteiger partial charge in [-0.15, -0.1) is 11.3 Å². The summed E-state index contributed by atoms with van der Waals surface area (Å²) in [7, 11) is 1.37. The van der Waals surface area contributed by atoms with Crippen molar-refractivity contribution >= 4 is 40.7 Å². The van der Waals surface area contributed by atoms with Crippen molar-refractivity contribution in [1.29, 1.82) is 0 Å². The summed E-state index contributed by atoms with van der Waals surface area (Å²) < 4.78 is 4.93. The number of hydrogen-bond acceptors (Lipinski definition) is 5. The highest BCUT2D eigenvalue weighted by Crippen LogP contribution is 2.28. The van der Waals surface area contributed by atoms with Gasteiger partial charge in [0.05, 0.1) is 18.4 Å². The Morgan fingerprint density at radius 2 is 2.00 bits per heavy atom. The van der Waals surface area contributed by atoms with Crippen molar-refractivity contribution in [3.05, 3.63) is 52.2 Å². The van der Waals surface area contributed by atoms with Crippen molar-refractivity contribution in [1.82, 2.24) is 0 Å². The molecule has 0 atom stereocenters. The molecule has 0 unspecified atom stereocenters. The van der Waals surface area contributed by atoms with E-state index in [2.05, 4.69) is 10.2 Å². The lowest BCUT2D eigenvalue weighted by Crippen LogP contribution is -2.31. The van der Waals surface area contributed by atoms with Crippen LogP contribution in [0.5, 0.6) is 0 Å². The number of rotatable bonds is 5. The van der Waals surface area contributed by atoms with Gasteiger partial charge in [0.25, 0.3) is 0 Å². The highest BCUT2D eigenvalue weighted by atomic mass is 32.1. The van der Waals surface area contributed by atoms with E-state index < -0.39 is 5.97 Å². The largest absolute Gasteiger partial charge is 0.465 e. The first kappa shape index (κ1) is 18.2. The van der Waals surface area contributed by atoms with E-state index in [1.165, 1.54) is 19.6 Å². The molecular weight excluding hydrogens is 348 g/mol. The summed E-state index contributed by atoms with van der Waals surface area (Å²) in [6, 6.07) is 9.28. The van der Waals surface area contributed by atoms with Gasteiger partial charge in [-0.25, -0.2) is 4.79 Å². The zero-order valence-corrected chi connectivity index (χ0v) is 15.6. The monoisotopic (exact) mass is 370 g/mol. The maximum absolute atomic E-state index is 12.2. The van der Waals surface area contributed by atoms with Gasteiger partial charge >= 0.3 is 5.97 Å². The molecule has 3 rings (SSSR count). The first-order chi connectivity index (χ1) is 12.7. The minimum Gasteiger partial charge on any atom is -0.465 e. The van der Waals surface area contributed by atoms with E-state index in [0.29, 0.717) is 11.3 Å². The van der Waals surface area contributed by atoms with E-state index >= 15 is 0 Å². The van der Waals surface area contributed by atoms with E-state index in [1.807, 2.05) is 29.6 Å². The second-order valence-corrected chi connectivity index (χ2v) is 7.09. The molecule has 2 heterocycles. The van der Waals surface area contributed by atoms with Gasteiger partial charge in [0.2, 0.25) is 5.91 Å². The normalized spacial score (nSPS) is 14.4. The second-order valence-electron chi connectivity index (χ2n) is 6.11. The van der Waals surface area contributed by atoms with Crippen LogP contribution in [0.3, 0.4) is 0 Å². The van der Waals surface area contributed by atoms with Crippen LogP contribution in [0.4, 0.5) is 11.4 Å². The van der Waals surface area contributed by atoms with Crippen molar-refractivity contribution in [2.24, 2.45) is 0 Å². The number of nitrogens with zero attached hydrogens (tertiary/aromatic N) is 1. The molecule has 0 aliphatic carbocycles. The fourth-order valence-corrected chi connectivity index (χ4v) is 3.64. The lowest BCUT2D eigenvalue weighted by atomic mass is 10.1. The topological polar surface area (TPSA) is 58.6 Å². The molecule has 1 aromatic heterocycles. The molecule has 1 fully saturated rings. The Morgan fingerprint density at radius 3 is 2.69 bits per heavy atom. The van der Waals surface area contributed by atoms with E-state index in [4.69, 9.17) is 4.74 Å². The number of nitrogens with one attached hydrogen (secondary N) is 1. The van der Waals surface area contributed by atoms with Crippen LogP contribution in [0.25, 0.3) is 6.08 Å². The Morgan fingerprint density at radius 1 is 1.19 bits per heavy atom. The quantitative estimate of drug-likeness (QED) is 0.634. The molecule has 1 aromatic carbocycles. The SMILES string of the molecule is COC(=O)c1cc(NC(=O)/C=C/c2cccs2)ccc1N1CCCCC1. The molecule has 1 amide bonds. The molecule has 0 spiro atoms. The Hall–Kier alpha value is -2.60. The third kappa shape index (κ3) is 4.52. The summed E-state index contributed by atoms with van der Waals surface area (Å²) in [6.45, 7) is 1.86. The molecule has 6 heteroatoms. The summed E-state index contributed by atoms with van der Waals surface area (Å²) in [4.78, 5) is 27.6. The van der Waals surface area contributed by atoms with Crippen LogP contribution < -0.4 is 10.2 Å². The van der Waals surface area contributed by atoms with Crippen LogP contribution >= 0.6 is 11.3 Å². The number of methoxy groups -OCH3 is 1. The highest BCUT2D eigenvalue weighted by molar-refractivity contribution is 7.10. The van der Waals surface area contributed by atoms with Gasteiger partial charge in [-0.2, -0.15) is 0 Å². The van der Waals surface area contributed by atoms with Crippen molar-refractivity contribution in [3.63, 3.8) is 0 Å². The molecule has 1 saturated heterocycles. The van der Waals surface area contributed by atoms with E-state index in [0.717, 1.165) is 36.5 Å². The molecule has 0 saturated carbocycles. The minimum absolute atomic E-state index is 0.236. The van der Waals surface area contributed by atoms with Crippen molar-refractivity contribution in [3.8, 4) is 0 Å². The summed E-state index contributed by atoms with van der Waals surface area (Å²) in [5.41, 5.74) is 1.92. The molecule has 136 valence electrons. The molecule has 0 bridgehead atoms. The maximum atomic E-state index is 12.2. The van der Waals surface area contributed by atoms with E-state index in [-0.39, 0.29) is 5.91 Å². The van der Waals surface area contributed by atoms with Gasteiger partial charge in [-0.3, -0.25) is 4.79 Å². The van der Waals surface area contributed by atoms with Crippen molar-refractivity contribution < 1.29 is 14.3 Å². The number of amides is 1. The Bertz CT molecular complexity index is 793. The van der Waals surface area contributed by atoms with Crippen LogP contribution in [0.1, 0.15) is 34.5 Å². The van der Waals surface area contributed by atoms with Gasteiger partial charge in [0.1, 0.15) is 0 Å². The van der Waals surface area contributed by atoms with Crippen LogP contribution in [-0.4, -0.2) is 32.1 Å². The third-order valence-electron chi connectivity index (χ3n) is 4.31. The summed E-state index contributed by atoms with van der Waals surface area (Å²) in [5, 5.41) is 4.76. The van der Waals surface area contributed by atoms with Crippen LogP contribution in [0.2, 0.25) is 0 Å². The van der Waals surface area contributed by atoms with Gasteiger partial charge in [-0.1, -0.05) is 6.07 Å². The number of thiophene rings is 1. The Labute approximate surface area is 157 Å². The first-order valence-electron chi connectivity index (χ1n) is 8.67. The van der Waals surface area contributed by atoms with Crippen molar-refractivity contribution in [2.75, 3.05) is 30.4 Å². The molecule has 1 aliphatic rings. The highest BCUT2D eigenvalue weighted by Gasteiger charge is 2.19. The van der Waals surface area contributed by atoms with Crippen LogP contribution in [0.15, 0.2) is 41.8 Å². The predicted octanol–water partition coefficient (Wildman–Crippen LogP) is 4.18. The number of carbonyl (C=O) groups is 2. The van der Waals surface area contributed by atoms with E-state index in [9.17, 15) is 9.59 Å². The third-order valence-corrected chi connectivity index (χ3v) is 5.15. The Kier molecular flexibility index (Phi) is 6.07. The lowest BCUT2D eigenvalue weighted by molar-refractivity contribution is -0.111. The van der Waals surface area contributed by atoms with Crippen LogP contribution in [-0.2, 0) is 9.53 Å². The zero-order chi connectivity index (χ0) is 18.4. The fourth-order valence-electron chi connectivity index (χ4n) is 3.03. The molecule has 1 aliphatic heterocycles. The predicted molar refractivity (Wildman–Crippen MR) is 106 cm³/mol. The summed E-state index contributed by atoms with van der Waals surface area (Å²) >= 11 is 1.56. The molecule has 26 heavy (non-hydrogen) atoms. The number of carbonyl (C=O) groups excluding carboxylic acids is 2. The van der Waals surface area contributed by atoms with Gasteiger partial charge in [0.15, 0.2) is 0 Å². The zero-order valence-electron chi connectivity index (χ0n) is 14.7. The summed E-state index contributed by atoms with van der Waals surface area (Å²) in [5.74, 6) is -0.629. The molecule has 1 N–H and O–H groups in total.